The van der Waals surface area contributed by atoms with Crippen LogP contribution in [0.15, 0.2) is 54.6 Å². The van der Waals surface area contributed by atoms with E-state index in [1.54, 1.807) is 0 Å². The second-order valence-corrected chi connectivity index (χ2v) is 7.70. The number of benzene rings is 2. The van der Waals surface area contributed by atoms with Gasteiger partial charge in [0.05, 0.1) is 16.4 Å². The summed E-state index contributed by atoms with van der Waals surface area (Å²) in [5.41, 5.74) is 2.58. The summed E-state index contributed by atoms with van der Waals surface area (Å²) in [6.07, 6.45) is 0.938. The molecule has 0 atom stereocenters. The van der Waals surface area contributed by atoms with E-state index in [-0.39, 0.29) is 5.91 Å². The van der Waals surface area contributed by atoms with Gasteiger partial charge in [-0.25, -0.2) is 4.98 Å². The summed E-state index contributed by atoms with van der Waals surface area (Å²) in [6, 6.07) is 18.1. The van der Waals surface area contributed by atoms with E-state index in [9.17, 15) is 4.79 Å². The molecule has 1 N–H and O–H groups in total. The zero-order valence-corrected chi connectivity index (χ0v) is 16.0. The van der Waals surface area contributed by atoms with Crippen molar-refractivity contribution in [2.75, 3.05) is 31.1 Å². The number of aromatic amines is 1. The standard InChI is InChI=1S/C22H26N4O/c1-22(2,17-9-4-3-5-10-17)20(27)25-13-8-14-26(16-15-25)21-23-18-11-6-7-12-19(18)24-21/h3-7,9-12H,8,13-16H2,1-2H3,(H,23,24). The molecule has 1 aliphatic rings. The molecule has 4 rings (SSSR count). The molecule has 1 fully saturated rings. The highest BCUT2D eigenvalue weighted by Gasteiger charge is 2.34. The molecule has 1 amide bonds. The minimum Gasteiger partial charge on any atom is -0.341 e. The van der Waals surface area contributed by atoms with Gasteiger partial charge in [-0.2, -0.15) is 0 Å². The summed E-state index contributed by atoms with van der Waals surface area (Å²) < 4.78 is 0. The lowest BCUT2D eigenvalue weighted by atomic mass is 9.83. The summed E-state index contributed by atoms with van der Waals surface area (Å²) in [6.45, 7) is 7.23. The first-order chi connectivity index (χ1) is 13.1. The number of aromatic nitrogens is 2. The van der Waals surface area contributed by atoms with Crippen LogP contribution in [-0.2, 0) is 10.2 Å². The maximum atomic E-state index is 13.2. The van der Waals surface area contributed by atoms with Gasteiger partial charge in [0.1, 0.15) is 0 Å². The second kappa shape index (κ2) is 7.06. The van der Waals surface area contributed by atoms with Gasteiger partial charge in [0.25, 0.3) is 0 Å². The van der Waals surface area contributed by atoms with Crippen LogP contribution in [0.2, 0.25) is 0 Å². The van der Waals surface area contributed by atoms with Gasteiger partial charge < -0.3 is 14.8 Å². The monoisotopic (exact) mass is 362 g/mol. The summed E-state index contributed by atoms with van der Waals surface area (Å²) in [5, 5.41) is 0. The van der Waals surface area contributed by atoms with Crippen molar-refractivity contribution >= 4 is 22.9 Å². The van der Waals surface area contributed by atoms with Crippen molar-refractivity contribution in [2.24, 2.45) is 0 Å². The first-order valence-electron chi connectivity index (χ1n) is 9.60. The van der Waals surface area contributed by atoms with Crippen LogP contribution in [0, 0.1) is 0 Å². The Balaban J connectivity index is 1.49. The van der Waals surface area contributed by atoms with Gasteiger partial charge >= 0.3 is 0 Å². The second-order valence-electron chi connectivity index (χ2n) is 7.70. The molecule has 5 nitrogen and oxygen atoms in total. The first-order valence-corrected chi connectivity index (χ1v) is 9.60. The van der Waals surface area contributed by atoms with Crippen molar-refractivity contribution < 1.29 is 4.79 Å². The fraction of sp³-hybridized carbons (Fsp3) is 0.364. The molecular weight excluding hydrogens is 336 g/mol. The zero-order chi connectivity index (χ0) is 18.9. The number of hydrogen-bond donors (Lipinski definition) is 1. The van der Waals surface area contributed by atoms with E-state index in [1.807, 2.05) is 73.3 Å². The van der Waals surface area contributed by atoms with Crippen LogP contribution in [0.4, 0.5) is 5.95 Å². The quantitative estimate of drug-likeness (QED) is 0.775. The molecule has 5 heteroatoms. The molecule has 27 heavy (non-hydrogen) atoms. The van der Waals surface area contributed by atoms with Crippen LogP contribution in [0.25, 0.3) is 11.0 Å². The summed E-state index contributed by atoms with van der Waals surface area (Å²) in [7, 11) is 0. The number of hydrogen-bond acceptors (Lipinski definition) is 3. The van der Waals surface area contributed by atoms with Gasteiger partial charge in [-0.15, -0.1) is 0 Å². The van der Waals surface area contributed by atoms with Crippen molar-refractivity contribution in [3.63, 3.8) is 0 Å². The van der Waals surface area contributed by atoms with E-state index in [1.165, 1.54) is 0 Å². The molecule has 2 heterocycles. The number of carbonyl (C=O) groups is 1. The molecule has 1 saturated heterocycles. The lowest BCUT2D eigenvalue weighted by Crippen LogP contribution is -2.45. The predicted octanol–water partition coefficient (Wildman–Crippen LogP) is 3.58. The molecule has 1 aromatic heterocycles. The van der Waals surface area contributed by atoms with Gasteiger partial charge in [0, 0.05) is 26.2 Å². The Morgan fingerprint density at radius 3 is 2.48 bits per heavy atom. The first kappa shape index (κ1) is 17.6. The Hall–Kier alpha value is -2.82. The zero-order valence-electron chi connectivity index (χ0n) is 16.0. The highest BCUT2D eigenvalue weighted by Crippen LogP contribution is 2.26. The van der Waals surface area contributed by atoms with E-state index in [0.29, 0.717) is 6.54 Å². The molecule has 0 unspecified atom stereocenters. The molecule has 0 bridgehead atoms. The highest BCUT2D eigenvalue weighted by atomic mass is 16.2. The number of nitrogens with one attached hydrogen (secondary N) is 1. The largest absolute Gasteiger partial charge is 0.341 e. The number of para-hydroxylation sites is 2. The average Bonchev–Trinajstić information content (AvgIpc) is 2.97. The minimum atomic E-state index is -0.518. The van der Waals surface area contributed by atoms with Crippen molar-refractivity contribution in [1.29, 1.82) is 0 Å². The number of nitrogens with zero attached hydrogens (tertiary/aromatic N) is 3. The fourth-order valence-corrected chi connectivity index (χ4v) is 3.80. The molecule has 3 aromatic rings. The number of amides is 1. The Bertz CT molecular complexity index is 899. The topological polar surface area (TPSA) is 52.2 Å². The normalized spacial score (nSPS) is 15.8. The number of fused-ring (bicyclic) bond motifs is 1. The van der Waals surface area contributed by atoms with Crippen molar-refractivity contribution in [1.82, 2.24) is 14.9 Å². The van der Waals surface area contributed by atoms with Gasteiger partial charge in [-0.3, -0.25) is 4.79 Å². The van der Waals surface area contributed by atoms with Crippen molar-refractivity contribution in [2.45, 2.75) is 25.7 Å². The predicted molar refractivity (Wildman–Crippen MR) is 109 cm³/mol. The van der Waals surface area contributed by atoms with Crippen molar-refractivity contribution in [3.8, 4) is 0 Å². The molecular formula is C22H26N4O. The van der Waals surface area contributed by atoms with Crippen LogP contribution >= 0.6 is 0 Å². The van der Waals surface area contributed by atoms with Crippen LogP contribution in [0.5, 0.6) is 0 Å². The molecule has 0 spiro atoms. The lowest BCUT2D eigenvalue weighted by molar-refractivity contribution is -0.136. The Morgan fingerprint density at radius 2 is 1.70 bits per heavy atom. The van der Waals surface area contributed by atoms with E-state index >= 15 is 0 Å². The summed E-state index contributed by atoms with van der Waals surface area (Å²) in [4.78, 5) is 25.6. The van der Waals surface area contributed by atoms with Gasteiger partial charge in [-0.1, -0.05) is 42.5 Å². The third-order valence-electron chi connectivity index (χ3n) is 5.49. The summed E-state index contributed by atoms with van der Waals surface area (Å²) >= 11 is 0. The Morgan fingerprint density at radius 1 is 0.963 bits per heavy atom. The third kappa shape index (κ3) is 3.42. The molecule has 0 aliphatic carbocycles. The SMILES string of the molecule is CC(C)(C(=O)N1CCCN(c2nc3ccccc3[nH]2)CC1)c1ccccc1. The Labute approximate surface area is 160 Å². The van der Waals surface area contributed by atoms with E-state index in [4.69, 9.17) is 4.98 Å². The molecule has 0 radical (unpaired) electrons. The summed E-state index contributed by atoms with van der Waals surface area (Å²) in [5.74, 6) is 1.09. The molecule has 140 valence electrons. The smallest absolute Gasteiger partial charge is 0.232 e. The van der Waals surface area contributed by atoms with Gasteiger partial charge in [-0.05, 0) is 38.0 Å². The number of carbonyl (C=O) groups excluding carboxylic acids is 1. The van der Waals surface area contributed by atoms with Crippen LogP contribution in [0.1, 0.15) is 25.8 Å². The third-order valence-corrected chi connectivity index (χ3v) is 5.49. The molecule has 2 aromatic carbocycles. The van der Waals surface area contributed by atoms with Gasteiger partial charge in [0.2, 0.25) is 11.9 Å². The average molecular weight is 362 g/mol. The van der Waals surface area contributed by atoms with Crippen molar-refractivity contribution in [3.05, 3.63) is 60.2 Å². The van der Waals surface area contributed by atoms with Gasteiger partial charge in [0.15, 0.2) is 0 Å². The van der Waals surface area contributed by atoms with E-state index < -0.39 is 5.41 Å². The molecule has 1 aliphatic heterocycles. The van der Waals surface area contributed by atoms with Crippen LogP contribution < -0.4 is 4.90 Å². The van der Waals surface area contributed by atoms with E-state index in [0.717, 1.165) is 48.6 Å². The number of rotatable bonds is 3. The highest BCUT2D eigenvalue weighted by molar-refractivity contribution is 5.87. The number of H-pyrrole nitrogens is 1. The molecule has 0 saturated carbocycles. The van der Waals surface area contributed by atoms with Crippen LogP contribution in [-0.4, -0.2) is 47.0 Å². The Kier molecular flexibility index (Phi) is 4.60. The maximum absolute atomic E-state index is 13.2. The van der Waals surface area contributed by atoms with Crippen LogP contribution in [0.3, 0.4) is 0 Å². The minimum absolute atomic E-state index is 0.195. The fourth-order valence-electron chi connectivity index (χ4n) is 3.80. The number of anilines is 1. The maximum Gasteiger partial charge on any atom is 0.232 e. The number of imidazole rings is 1. The van der Waals surface area contributed by atoms with E-state index in [2.05, 4.69) is 9.88 Å². The lowest BCUT2D eigenvalue weighted by Gasteiger charge is -2.31.